The molecule has 4 N–H and O–H groups in total. The lowest BCUT2D eigenvalue weighted by Crippen LogP contribution is -2.62. The minimum atomic E-state index is -5.55. The highest BCUT2D eigenvalue weighted by Crippen LogP contribution is 2.46. The number of fused-ring (bicyclic) bond motifs is 2. The average molecular weight is 1580 g/mol. The molecule has 10 heterocycles. The molecule has 103 heavy (non-hydrogen) atoms. The normalized spacial score (nSPS) is 20.6. The number of aliphatic hydroxyl groups is 3. The summed E-state index contributed by atoms with van der Waals surface area (Å²) in [5, 5.41) is 39.0. The summed E-state index contributed by atoms with van der Waals surface area (Å²) in [6.45, 7) is 28.7. The largest absolute Gasteiger partial charge is 0.534 e. The van der Waals surface area contributed by atoms with Gasteiger partial charge in [0.15, 0.2) is 15.9 Å². The molecule has 0 aliphatic carbocycles. The van der Waals surface area contributed by atoms with Gasteiger partial charge in [0.25, 0.3) is 0 Å². The van der Waals surface area contributed by atoms with Crippen molar-refractivity contribution < 1.29 is 82.7 Å². The smallest absolute Gasteiger partial charge is 0.464 e. The van der Waals surface area contributed by atoms with Crippen molar-refractivity contribution in [1.82, 2.24) is 34.8 Å². The van der Waals surface area contributed by atoms with E-state index in [1.54, 1.807) is 48.6 Å². The van der Waals surface area contributed by atoms with E-state index in [4.69, 9.17) is 50.1 Å². The fourth-order valence-electron chi connectivity index (χ4n) is 12.7. The number of esters is 1. The number of hydrogen-bond acceptors (Lipinski definition) is 22. The van der Waals surface area contributed by atoms with Crippen LogP contribution in [0.1, 0.15) is 111 Å². The first kappa shape index (κ1) is 82.0. The van der Waals surface area contributed by atoms with Crippen LogP contribution >= 0.6 is 38.9 Å². The van der Waals surface area contributed by atoms with E-state index >= 15 is 0 Å². The zero-order valence-electron chi connectivity index (χ0n) is 60.0. The number of aliphatic hydroxyl groups excluding tert-OH is 3. The Hall–Kier alpha value is -5.03. The predicted octanol–water partition coefficient (Wildman–Crippen LogP) is 11.5. The third kappa shape index (κ3) is 21.7. The number of nitrogens with one attached hydrogen (secondary N) is 1. The standard InChI is InChI=1S/C30H29BrClN3O3S.C10H14F3NO4S.C10H10O3S.2C9H17NO2.C5H11NO/c1-7-37-29(36)25(38-30(3,4)5)23-16(2)14-21-26(24(23)17-8-11-19(32)12-9-17)39-28(33-21)18-10-13-22-20(15-18)27(31)34-35(22)6;1-9(6-17-7-9)14-4-2-8(3-5-14)18-19(15,16)10(11,12)13;11-14(12,8-9-6-13-7-9)10-4-2-1-3-5-10;2*1-9(6-12-7-9)10-4-2-8(11)3-5-10;7-5-1-3-6-4-2-5/h8-15,25H,7H2,1-6H3;2H,3-7H2,1H3;1-5,8H,6-7H2;2*8,11H,2-7H2,1H3;5-7H,1-4H2/t25-;;;;;/m0...../s1. The van der Waals surface area contributed by atoms with Crippen molar-refractivity contribution >= 4 is 85.9 Å². The molecule has 30 heteroatoms. The van der Waals surface area contributed by atoms with Gasteiger partial charge in [0.2, 0.25) is 0 Å². The Morgan fingerprint density at radius 3 is 1.76 bits per heavy atom. The maximum atomic E-state index is 13.3. The summed E-state index contributed by atoms with van der Waals surface area (Å²) in [5.41, 5.74) is 1.67. The molecule has 0 saturated carbocycles. The summed E-state index contributed by atoms with van der Waals surface area (Å²) in [4.78, 5) is 25.6. The summed E-state index contributed by atoms with van der Waals surface area (Å²) in [6.07, 6.45) is 6.00. The number of sulfone groups is 1. The number of alkyl halides is 3. The molecule has 6 aromatic rings. The Bertz CT molecular complexity index is 4060. The molecule has 0 radical (unpaired) electrons. The maximum absolute atomic E-state index is 13.3. The van der Waals surface area contributed by atoms with Crippen LogP contribution in [0.3, 0.4) is 0 Å². The number of hydrogen-bond donors (Lipinski definition) is 4. The van der Waals surface area contributed by atoms with Crippen LogP contribution in [0.25, 0.3) is 42.8 Å². The minimum Gasteiger partial charge on any atom is -0.464 e. The van der Waals surface area contributed by atoms with E-state index in [1.165, 1.54) is 11.5 Å². The van der Waals surface area contributed by atoms with Gasteiger partial charge in [0, 0.05) is 85.2 Å². The van der Waals surface area contributed by atoms with Gasteiger partial charge in [-0.2, -0.15) is 26.7 Å². The van der Waals surface area contributed by atoms with E-state index < -0.39 is 43.1 Å². The summed E-state index contributed by atoms with van der Waals surface area (Å²) < 4.78 is 122. The Balaban J connectivity index is 0.000000160. The number of carbonyl (C=O) groups is 1. The number of halogens is 5. The monoisotopic (exact) mass is 1580 g/mol. The Kier molecular flexibility index (Phi) is 28.1. The molecule has 0 bridgehead atoms. The van der Waals surface area contributed by atoms with Gasteiger partial charge in [-0.05, 0) is 194 Å². The number of rotatable bonds is 13. The fraction of sp³-hybridized carbons (Fsp3) is 0.575. The van der Waals surface area contributed by atoms with Crippen LogP contribution in [0.2, 0.25) is 5.02 Å². The van der Waals surface area contributed by atoms with E-state index in [-0.39, 0.29) is 53.7 Å². The number of aromatic nitrogens is 3. The number of thiazole rings is 1. The molecule has 7 saturated heterocycles. The number of aryl methyl sites for hydroxylation is 2. The highest BCUT2D eigenvalue weighted by molar-refractivity contribution is 9.10. The Morgan fingerprint density at radius 2 is 1.30 bits per heavy atom. The molecular formula is C73H98BrClF3N7O15S3. The number of carbonyl (C=O) groups excluding carboxylic acids is 1. The number of piperidine rings is 3. The highest BCUT2D eigenvalue weighted by atomic mass is 79.9. The van der Waals surface area contributed by atoms with Gasteiger partial charge in [-0.3, -0.25) is 19.4 Å². The third-order valence-electron chi connectivity index (χ3n) is 19.0. The molecule has 0 unspecified atom stereocenters. The summed E-state index contributed by atoms with van der Waals surface area (Å²) >= 11 is 11.4. The second-order valence-electron chi connectivity index (χ2n) is 28.7. The molecule has 2 aromatic heterocycles. The average Bonchev–Trinajstić information content (AvgIpc) is 1.67. The van der Waals surface area contributed by atoms with Crippen molar-refractivity contribution in [3.8, 4) is 21.7 Å². The SMILES string of the molecule is CC1(N2CC=C(OS(=O)(=O)C(F)(F)F)CC2)COC1.CC1(N2CCC(O)CC2)COC1.CC1(N2CCC(O)CC2)COC1.CCOC(=O)[C@@H](OC(C)(C)C)c1c(C)cc2nc(-c3ccc4c(c3)c(Br)nn4C)sc2c1-c1ccc(Cl)cc1.O=S(=O)(C=C1COC1)c1ccccc1.OC1CCNCC1. The van der Waals surface area contributed by atoms with Crippen molar-refractivity contribution in [1.29, 1.82) is 0 Å². The van der Waals surface area contributed by atoms with Crippen molar-refractivity contribution in [3.63, 3.8) is 0 Å². The van der Waals surface area contributed by atoms with Gasteiger partial charge < -0.3 is 53.2 Å². The van der Waals surface area contributed by atoms with Gasteiger partial charge in [0.05, 0.1) is 121 Å². The van der Waals surface area contributed by atoms with Crippen LogP contribution in [-0.2, 0) is 64.4 Å². The van der Waals surface area contributed by atoms with Crippen molar-refractivity contribution in [2.45, 2.75) is 157 Å². The Morgan fingerprint density at radius 1 is 0.767 bits per heavy atom. The number of likely N-dealkylation sites (tertiary alicyclic amines) is 2. The summed E-state index contributed by atoms with van der Waals surface area (Å²) in [5.74, 6) is -0.570. The Labute approximate surface area is 619 Å². The highest BCUT2D eigenvalue weighted by Gasteiger charge is 2.50. The molecule has 7 fully saturated rings. The second-order valence-corrected chi connectivity index (χ2v) is 34.3. The van der Waals surface area contributed by atoms with Gasteiger partial charge in [0.1, 0.15) is 15.4 Å². The molecule has 14 rings (SSSR count). The van der Waals surface area contributed by atoms with Gasteiger partial charge in [-0.25, -0.2) is 18.2 Å². The number of nitrogens with zero attached hydrogens (tertiary/aromatic N) is 6. The molecule has 0 spiro atoms. The molecule has 22 nitrogen and oxygen atoms in total. The topological polar surface area (TPSA) is 263 Å². The minimum absolute atomic E-state index is 0.0266. The van der Waals surface area contributed by atoms with Crippen molar-refractivity contribution in [2.24, 2.45) is 7.05 Å². The molecule has 4 aromatic carbocycles. The van der Waals surface area contributed by atoms with Crippen molar-refractivity contribution in [2.75, 3.05) is 112 Å². The van der Waals surface area contributed by atoms with E-state index in [0.29, 0.717) is 49.4 Å². The zero-order chi connectivity index (χ0) is 74.7. The molecule has 1 atom stereocenters. The molecule has 8 aliphatic heterocycles. The first-order valence-electron chi connectivity index (χ1n) is 34.8. The van der Waals surface area contributed by atoms with E-state index in [1.807, 2.05) is 81.6 Å². The van der Waals surface area contributed by atoms with Crippen LogP contribution in [-0.4, -0.2) is 225 Å². The zero-order valence-corrected chi connectivity index (χ0v) is 64.8. The van der Waals surface area contributed by atoms with Gasteiger partial charge in [-0.1, -0.05) is 41.9 Å². The fourth-order valence-corrected chi connectivity index (χ4v) is 16.3. The second kappa shape index (κ2) is 35.3. The molecule has 0 amide bonds. The van der Waals surface area contributed by atoms with E-state index in [9.17, 15) is 45.0 Å². The number of benzene rings is 4. The lowest BCUT2D eigenvalue weighted by molar-refractivity contribution is -0.166. The lowest BCUT2D eigenvalue weighted by Gasteiger charge is -2.49. The summed E-state index contributed by atoms with van der Waals surface area (Å²) in [6, 6.07) is 24.3. The van der Waals surface area contributed by atoms with Gasteiger partial charge in [-0.15, -0.1) is 11.3 Å². The summed E-state index contributed by atoms with van der Waals surface area (Å²) in [7, 11) is -6.89. The number of ether oxygens (including phenoxy) is 6. The first-order valence-corrected chi connectivity index (χ1v) is 39.7. The van der Waals surface area contributed by atoms with Crippen LogP contribution in [0.5, 0.6) is 0 Å². The molecule has 568 valence electrons. The molecule has 8 aliphatic rings. The van der Waals surface area contributed by atoms with E-state index in [0.717, 1.165) is 168 Å². The molecular weight excluding hydrogens is 1480 g/mol. The lowest BCUT2D eigenvalue weighted by atomic mass is 9.91. The van der Waals surface area contributed by atoms with E-state index in [2.05, 4.69) is 72.4 Å². The van der Waals surface area contributed by atoms with Crippen LogP contribution in [0, 0.1) is 6.92 Å². The van der Waals surface area contributed by atoms with Crippen LogP contribution in [0.4, 0.5) is 13.2 Å². The van der Waals surface area contributed by atoms with Crippen LogP contribution < -0.4 is 5.32 Å². The van der Waals surface area contributed by atoms with Crippen molar-refractivity contribution in [3.05, 3.63) is 122 Å². The van der Waals surface area contributed by atoms with Crippen LogP contribution in [0.15, 0.2) is 111 Å². The third-order valence-corrected chi connectivity index (χ3v) is 23.5. The predicted molar refractivity (Wildman–Crippen MR) is 395 cm³/mol. The van der Waals surface area contributed by atoms with Gasteiger partial charge >= 0.3 is 21.6 Å². The quantitative estimate of drug-likeness (QED) is 0.0476. The first-order chi connectivity index (χ1) is 48.6. The maximum Gasteiger partial charge on any atom is 0.534 e.